The highest BCUT2D eigenvalue weighted by Gasteiger charge is 2.34. The molecule has 1 atom stereocenters. The third kappa shape index (κ3) is 4.29. The molecule has 13 heteroatoms. The molecule has 0 bridgehead atoms. The maximum Gasteiger partial charge on any atom is 0.341 e. The van der Waals surface area contributed by atoms with Crippen molar-refractivity contribution in [3.05, 3.63) is 53.7 Å². The quantitative estimate of drug-likeness (QED) is 0.527. The van der Waals surface area contributed by atoms with Gasteiger partial charge < -0.3 is 9.80 Å². The van der Waals surface area contributed by atoms with Crippen molar-refractivity contribution in [1.82, 2.24) is 29.5 Å². The fourth-order valence-corrected chi connectivity index (χ4v) is 4.22. The monoisotopic (exact) mass is 486 g/mol. The van der Waals surface area contributed by atoms with Gasteiger partial charge in [0.1, 0.15) is 18.7 Å². The lowest BCUT2D eigenvalue weighted by molar-refractivity contribution is -0.751. The summed E-state index contributed by atoms with van der Waals surface area (Å²) in [5.41, 5.74) is 0.440. The Morgan fingerprint density at radius 3 is 2.43 bits per heavy atom. The van der Waals surface area contributed by atoms with E-state index in [0.717, 1.165) is 12.3 Å². The molecule has 3 aromatic rings. The van der Waals surface area contributed by atoms with E-state index >= 15 is 0 Å². The molecule has 182 valence electrons. The molecule has 5 rings (SSSR count). The van der Waals surface area contributed by atoms with Crippen molar-refractivity contribution < 1.29 is 22.6 Å². The van der Waals surface area contributed by atoms with Crippen LogP contribution in [0.1, 0.15) is 18.0 Å². The largest absolute Gasteiger partial charge is 0.341 e. The van der Waals surface area contributed by atoms with E-state index in [1.807, 2.05) is 4.90 Å². The first kappa shape index (κ1) is 22.7. The van der Waals surface area contributed by atoms with Crippen LogP contribution >= 0.6 is 0 Å². The third-order valence-corrected chi connectivity index (χ3v) is 6.20. The number of hydrogen-bond acceptors (Lipinski definition) is 6. The van der Waals surface area contributed by atoms with Crippen LogP contribution in [0.2, 0.25) is 0 Å². The molecule has 1 saturated heterocycles. The first-order chi connectivity index (χ1) is 16.8. The lowest BCUT2D eigenvalue weighted by Crippen LogP contribution is -2.52. The third-order valence-electron chi connectivity index (χ3n) is 6.20. The molecule has 4 heterocycles. The number of anilines is 1. The maximum atomic E-state index is 14.5. The van der Waals surface area contributed by atoms with Gasteiger partial charge in [-0.1, -0.05) is 0 Å². The molecule has 2 amide bonds. The number of nitrogens with zero attached hydrogens (tertiary/aromatic N) is 9. The van der Waals surface area contributed by atoms with E-state index in [2.05, 4.69) is 20.1 Å². The Hall–Kier alpha value is -4.03. The highest BCUT2D eigenvalue weighted by Crippen LogP contribution is 2.30. The first-order valence-electron chi connectivity index (χ1n) is 11.0. The van der Waals surface area contributed by atoms with Crippen LogP contribution in [0.25, 0.3) is 11.5 Å². The summed E-state index contributed by atoms with van der Waals surface area (Å²) in [7, 11) is 3.53. The molecule has 0 saturated carbocycles. The van der Waals surface area contributed by atoms with E-state index in [4.69, 9.17) is 0 Å². The maximum absolute atomic E-state index is 14.5. The van der Waals surface area contributed by atoms with Gasteiger partial charge in [0.05, 0.1) is 19.3 Å². The molecule has 2 aliphatic rings. The SMILES string of the molecule is Cn1c(-c2nc(N3CCN(C(=O)N4N=CC[C@H]4c4cc(F)cc(F)c4)CC3)ncc2F)nc[n+]1C. The van der Waals surface area contributed by atoms with Crippen molar-refractivity contribution in [3.63, 3.8) is 0 Å². The van der Waals surface area contributed by atoms with Crippen LogP contribution in [0, 0.1) is 17.5 Å². The standard InChI is InChI=1S/C22H23F3N9O/c1-30-13-27-20(31(30)2)19-17(25)12-26-21(29-19)32-5-7-33(8-6-32)22(35)34-18(3-4-28-34)14-9-15(23)11-16(24)10-14/h4,9-13,18H,3,5-8H2,1-2H3/q+1/t18-/m0/s1. The van der Waals surface area contributed by atoms with E-state index in [0.29, 0.717) is 49.9 Å². The van der Waals surface area contributed by atoms with Gasteiger partial charge in [-0.2, -0.15) is 14.5 Å². The molecule has 0 unspecified atom stereocenters. The Balaban J connectivity index is 1.28. The zero-order valence-corrected chi connectivity index (χ0v) is 19.1. The molecule has 0 radical (unpaired) electrons. The van der Waals surface area contributed by atoms with Crippen molar-refractivity contribution in [2.24, 2.45) is 19.2 Å². The number of halogens is 3. The number of aryl methyl sites for hydroxylation is 1. The fraction of sp³-hybridized carbons (Fsp3) is 0.364. The van der Waals surface area contributed by atoms with Gasteiger partial charge in [-0.3, -0.25) is 0 Å². The summed E-state index contributed by atoms with van der Waals surface area (Å²) in [6.45, 7) is 1.54. The average molecular weight is 486 g/mol. The topological polar surface area (TPSA) is 86.6 Å². The summed E-state index contributed by atoms with van der Waals surface area (Å²) in [5, 5.41) is 5.41. The number of piperazine rings is 1. The Bertz CT molecular complexity index is 1280. The van der Waals surface area contributed by atoms with Crippen molar-refractivity contribution >= 4 is 18.2 Å². The van der Waals surface area contributed by atoms with Crippen LogP contribution in [-0.2, 0) is 14.1 Å². The highest BCUT2D eigenvalue weighted by atomic mass is 19.1. The number of aromatic nitrogens is 5. The molecular weight excluding hydrogens is 463 g/mol. The lowest BCUT2D eigenvalue weighted by atomic mass is 10.0. The summed E-state index contributed by atoms with van der Waals surface area (Å²) in [6, 6.07) is 2.29. The van der Waals surface area contributed by atoms with Crippen molar-refractivity contribution in [2.75, 3.05) is 31.1 Å². The second-order valence-corrected chi connectivity index (χ2v) is 8.39. The molecule has 1 aromatic carbocycles. The normalized spacial score (nSPS) is 18.0. The molecule has 0 N–H and O–H groups in total. The molecule has 10 nitrogen and oxygen atoms in total. The zero-order chi connectivity index (χ0) is 24.7. The van der Waals surface area contributed by atoms with Crippen LogP contribution in [0.5, 0.6) is 0 Å². The molecule has 35 heavy (non-hydrogen) atoms. The minimum atomic E-state index is -0.703. The first-order valence-corrected chi connectivity index (χ1v) is 11.0. The molecule has 2 aliphatic heterocycles. The summed E-state index contributed by atoms with van der Waals surface area (Å²) in [4.78, 5) is 29.4. The van der Waals surface area contributed by atoms with Gasteiger partial charge in [-0.25, -0.2) is 32.9 Å². The van der Waals surface area contributed by atoms with Gasteiger partial charge >= 0.3 is 18.2 Å². The number of benzene rings is 1. The number of hydrazone groups is 1. The number of carbonyl (C=O) groups is 1. The molecule has 0 aliphatic carbocycles. The summed E-state index contributed by atoms with van der Waals surface area (Å²) < 4.78 is 45.2. The summed E-state index contributed by atoms with van der Waals surface area (Å²) >= 11 is 0. The number of carbonyl (C=O) groups excluding carboxylic acids is 1. The van der Waals surface area contributed by atoms with E-state index in [1.165, 1.54) is 17.1 Å². The van der Waals surface area contributed by atoms with Gasteiger partial charge in [0, 0.05) is 44.9 Å². The van der Waals surface area contributed by atoms with Crippen molar-refractivity contribution in [3.8, 4) is 11.5 Å². The van der Waals surface area contributed by atoms with Gasteiger partial charge in [0.15, 0.2) is 11.5 Å². The van der Waals surface area contributed by atoms with Crippen molar-refractivity contribution in [1.29, 1.82) is 0 Å². The van der Waals surface area contributed by atoms with Gasteiger partial charge in [-0.05, 0) is 22.7 Å². The lowest BCUT2D eigenvalue weighted by Gasteiger charge is -2.37. The smallest absolute Gasteiger partial charge is 0.337 e. The minimum Gasteiger partial charge on any atom is -0.337 e. The van der Waals surface area contributed by atoms with Crippen molar-refractivity contribution in [2.45, 2.75) is 12.5 Å². The second-order valence-electron chi connectivity index (χ2n) is 8.39. The molecule has 2 aromatic heterocycles. The summed E-state index contributed by atoms with van der Waals surface area (Å²) in [5.74, 6) is -1.28. The number of amides is 2. The second kappa shape index (κ2) is 8.96. The van der Waals surface area contributed by atoms with Crippen LogP contribution < -0.4 is 9.58 Å². The molecule has 1 fully saturated rings. The Morgan fingerprint density at radius 1 is 1.06 bits per heavy atom. The average Bonchev–Trinajstić information content (AvgIpc) is 3.46. The van der Waals surface area contributed by atoms with E-state index in [1.54, 1.807) is 40.9 Å². The van der Waals surface area contributed by atoms with Gasteiger partial charge in [-0.15, -0.1) is 0 Å². The van der Waals surface area contributed by atoms with E-state index in [9.17, 15) is 18.0 Å². The predicted octanol–water partition coefficient (Wildman–Crippen LogP) is 1.79. The van der Waals surface area contributed by atoms with Crippen LogP contribution in [0.15, 0.2) is 35.8 Å². The van der Waals surface area contributed by atoms with E-state index in [-0.39, 0.29) is 11.7 Å². The van der Waals surface area contributed by atoms with Crippen LogP contribution in [0.4, 0.5) is 23.9 Å². The zero-order valence-electron chi connectivity index (χ0n) is 19.1. The fourth-order valence-electron chi connectivity index (χ4n) is 4.22. The number of rotatable bonds is 3. The Labute approximate surface area is 198 Å². The Kier molecular flexibility index (Phi) is 5.83. The Morgan fingerprint density at radius 2 is 1.77 bits per heavy atom. The van der Waals surface area contributed by atoms with Crippen LogP contribution in [-0.4, -0.2) is 68.0 Å². The minimum absolute atomic E-state index is 0.0909. The number of hydrogen-bond donors (Lipinski definition) is 0. The number of urea groups is 1. The molecular formula is C22H23F3N9O+. The highest BCUT2D eigenvalue weighted by molar-refractivity contribution is 5.78. The van der Waals surface area contributed by atoms with Gasteiger partial charge in [0.25, 0.3) is 0 Å². The predicted molar refractivity (Wildman–Crippen MR) is 119 cm³/mol. The molecule has 0 spiro atoms. The van der Waals surface area contributed by atoms with E-state index < -0.39 is 23.5 Å². The summed E-state index contributed by atoms with van der Waals surface area (Å²) in [6.07, 6.45) is 4.61. The van der Waals surface area contributed by atoms with Crippen LogP contribution in [0.3, 0.4) is 0 Å². The van der Waals surface area contributed by atoms with Gasteiger partial charge in [0.2, 0.25) is 5.95 Å².